The van der Waals surface area contributed by atoms with Crippen LogP contribution in [0.5, 0.6) is 0 Å². The largest absolute Gasteiger partial charge is 0.258 e. The molecule has 0 amide bonds. The molecule has 12 heteroatoms. The van der Waals surface area contributed by atoms with Gasteiger partial charge in [0.25, 0.3) is 6.71 Å². The van der Waals surface area contributed by atoms with Crippen LogP contribution in [-0.4, -0.2) is 6.71 Å². The monoisotopic (exact) mass is 612 g/mol. The second kappa shape index (κ2) is 11.9. The predicted octanol–water partition coefficient (Wildman–Crippen LogP) is 8.36. The van der Waals surface area contributed by atoms with Crippen LogP contribution < -0.4 is 10.9 Å². The minimum atomic E-state index is -2.68. The van der Waals surface area contributed by atoms with Crippen molar-refractivity contribution in [2.24, 2.45) is 0 Å². The van der Waals surface area contributed by atoms with Crippen molar-refractivity contribution in [3.63, 3.8) is 0 Å². The number of benzene rings is 4. The first kappa shape index (κ1) is 31.3. The molecule has 4 rings (SSSR count). The topological polar surface area (TPSA) is 0 Å². The Balaban J connectivity index is 2.15. The van der Waals surface area contributed by atoms with Gasteiger partial charge in [-0.15, -0.1) is 0 Å². The smallest absolute Gasteiger partial charge is 0.204 e. The lowest BCUT2D eigenvalue weighted by Gasteiger charge is -2.24. The van der Waals surface area contributed by atoms with Crippen molar-refractivity contribution in [1.82, 2.24) is 0 Å². The van der Waals surface area contributed by atoms with Crippen molar-refractivity contribution in [3.05, 3.63) is 129 Å². The van der Waals surface area contributed by atoms with Crippen molar-refractivity contribution in [2.45, 2.75) is 31.1 Å². The Hall–Kier alpha value is -3.67. The van der Waals surface area contributed by atoms with Gasteiger partial charge in [0.15, 0.2) is 58.2 Å². The Bertz CT molecular complexity index is 1550. The summed E-state index contributed by atoms with van der Waals surface area (Å²) in [4.78, 5) is 0.467. The summed E-state index contributed by atoms with van der Waals surface area (Å²) >= 11 is 0.822. The number of thioether (sulfide) groups is 1. The Kier molecular flexibility index (Phi) is 8.87. The molecule has 0 saturated carbocycles. The summed E-state index contributed by atoms with van der Waals surface area (Å²) < 4.78 is 147. The van der Waals surface area contributed by atoms with E-state index in [0.29, 0.717) is 4.90 Å². The van der Waals surface area contributed by atoms with Crippen molar-refractivity contribution in [3.8, 4) is 0 Å². The highest BCUT2D eigenvalue weighted by Gasteiger charge is 2.42. The molecule has 0 N–H and O–H groups in total. The summed E-state index contributed by atoms with van der Waals surface area (Å²) in [6, 6.07) is 13.8. The minimum Gasteiger partial charge on any atom is -0.204 e. The lowest BCUT2D eigenvalue weighted by Crippen LogP contribution is -2.51. The van der Waals surface area contributed by atoms with Gasteiger partial charge in [-0.1, -0.05) is 80.5 Å². The summed E-state index contributed by atoms with van der Waals surface area (Å²) in [5.74, 6) is -25.0. The Labute approximate surface area is 239 Å². The highest BCUT2D eigenvalue weighted by Crippen LogP contribution is 2.32. The summed E-state index contributed by atoms with van der Waals surface area (Å²) in [7, 11) is 0. The molecule has 0 aliphatic heterocycles. The van der Waals surface area contributed by atoms with Crippen LogP contribution in [0.4, 0.5) is 43.9 Å². The summed E-state index contributed by atoms with van der Waals surface area (Å²) in [6.45, 7) is 2.89. The van der Waals surface area contributed by atoms with Gasteiger partial charge in [0.05, 0.1) is 0 Å². The first-order chi connectivity index (χ1) is 19.7. The highest BCUT2D eigenvalue weighted by atomic mass is 32.2. The second-order valence-corrected chi connectivity index (χ2v) is 11.2. The molecule has 0 aromatic heterocycles. The van der Waals surface area contributed by atoms with Crippen LogP contribution in [0.2, 0.25) is 0 Å². The number of rotatable bonds is 6. The molecule has 4 aromatic carbocycles. The van der Waals surface area contributed by atoms with Gasteiger partial charge in [-0.05, 0) is 34.1 Å². The molecule has 0 heterocycles. The van der Waals surface area contributed by atoms with Crippen LogP contribution in [0, 0.1) is 58.2 Å². The van der Waals surface area contributed by atoms with E-state index in [4.69, 9.17) is 0 Å². The Morgan fingerprint density at radius 1 is 0.548 bits per heavy atom. The lowest BCUT2D eigenvalue weighted by molar-refractivity contribution is 0.382. The maximum Gasteiger partial charge on any atom is 0.258 e. The van der Waals surface area contributed by atoms with Crippen LogP contribution >= 0.6 is 11.8 Å². The van der Waals surface area contributed by atoms with Gasteiger partial charge >= 0.3 is 0 Å². The Morgan fingerprint density at radius 3 is 1.31 bits per heavy atom. The summed E-state index contributed by atoms with van der Waals surface area (Å²) in [6.07, 6.45) is 0. The zero-order valence-corrected chi connectivity index (χ0v) is 22.9. The van der Waals surface area contributed by atoms with Crippen LogP contribution in [0.25, 0.3) is 5.47 Å². The second-order valence-electron chi connectivity index (χ2n) is 10.2. The van der Waals surface area contributed by atoms with Crippen molar-refractivity contribution >= 4 is 34.9 Å². The first-order valence-electron chi connectivity index (χ1n) is 12.2. The van der Waals surface area contributed by atoms with E-state index in [1.807, 2.05) is 20.8 Å². The van der Waals surface area contributed by atoms with Crippen molar-refractivity contribution < 1.29 is 43.9 Å². The fraction of sp³-hybridized carbons (Fsp3) is 0.133. The van der Waals surface area contributed by atoms with E-state index in [-0.39, 0.29) is 5.56 Å². The molecule has 0 bridgehead atoms. The van der Waals surface area contributed by atoms with Gasteiger partial charge in [0.1, 0.15) is 0 Å². The lowest BCUT2D eigenvalue weighted by atomic mass is 9.35. The van der Waals surface area contributed by atoms with Gasteiger partial charge in [0, 0.05) is 15.8 Å². The zero-order chi connectivity index (χ0) is 31.1. The molecule has 0 unspecified atom stereocenters. The molecule has 0 aliphatic carbocycles. The van der Waals surface area contributed by atoms with Gasteiger partial charge in [-0.25, -0.2) is 43.9 Å². The quantitative estimate of drug-likeness (QED) is 0.0694. The molecule has 218 valence electrons. The van der Waals surface area contributed by atoms with Crippen LogP contribution in [-0.2, 0) is 5.41 Å². The molecule has 0 saturated heterocycles. The van der Waals surface area contributed by atoms with Crippen molar-refractivity contribution in [2.75, 3.05) is 0 Å². The highest BCUT2D eigenvalue weighted by molar-refractivity contribution is 8.02. The van der Waals surface area contributed by atoms with E-state index in [0.717, 1.165) is 22.7 Å². The van der Waals surface area contributed by atoms with Gasteiger partial charge in [0.2, 0.25) is 0 Å². The van der Waals surface area contributed by atoms with Crippen molar-refractivity contribution in [1.29, 1.82) is 0 Å². The third kappa shape index (κ3) is 5.68. The maximum atomic E-state index is 15.3. The van der Waals surface area contributed by atoms with Crippen LogP contribution in [0.15, 0.2) is 64.9 Å². The van der Waals surface area contributed by atoms with Gasteiger partial charge < -0.3 is 0 Å². The zero-order valence-electron chi connectivity index (χ0n) is 22.0. The molecule has 0 nitrogen and oxygen atoms in total. The number of hydrogen-bond donors (Lipinski definition) is 0. The summed E-state index contributed by atoms with van der Waals surface area (Å²) in [5, 5.41) is 1.10. The molecule has 0 spiro atoms. The fourth-order valence-electron chi connectivity index (χ4n) is 4.30. The number of hydrogen-bond acceptors (Lipinski definition) is 1. The molecule has 4 aromatic rings. The standard InChI is InChI=1S/C30H19BF10S/c1-30(2,3)15-11-9-14(10-12-15)17(13-42-16-7-5-4-6-8-16)31(18-20(32)24(36)28(40)25(37)21(18)33)19-22(34)26(38)29(41)27(39)23(19)35/h4-13H,1-3H3/b17-13+. The molecule has 0 atom stereocenters. The van der Waals surface area contributed by atoms with Gasteiger partial charge in [-0.3, -0.25) is 0 Å². The van der Waals surface area contributed by atoms with E-state index in [9.17, 15) is 26.3 Å². The normalized spacial score (nSPS) is 12.2. The number of halogens is 10. The van der Waals surface area contributed by atoms with E-state index >= 15 is 17.6 Å². The van der Waals surface area contributed by atoms with E-state index < -0.39 is 86.7 Å². The minimum absolute atomic E-state index is 0.0516. The molecule has 0 radical (unpaired) electrons. The summed E-state index contributed by atoms with van der Waals surface area (Å²) in [5.41, 5.74) is -3.84. The average Bonchev–Trinajstić information content (AvgIpc) is 2.97. The third-order valence-electron chi connectivity index (χ3n) is 6.53. The first-order valence-corrected chi connectivity index (χ1v) is 13.1. The van der Waals surface area contributed by atoms with E-state index in [2.05, 4.69) is 0 Å². The fourth-order valence-corrected chi connectivity index (χ4v) is 5.15. The van der Waals surface area contributed by atoms with Crippen LogP contribution in [0.1, 0.15) is 31.9 Å². The molecular weight excluding hydrogens is 593 g/mol. The molecule has 0 fully saturated rings. The molecular formula is C30H19BF10S. The van der Waals surface area contributed by atoms with E-state index in [1.54, 1.807) is 42.5 Å². The van der Waals surface area contributed by atoms with Crippen LogP contribution in [0.3, 0.4) is 0 Å². The molecule has 42 heavy (non-hydrogen) atoms. The van der Waals surface area contributed by atoms with E-state index in [1.165, 1.54) is 12.1 Å². The third-order valence-corrected chi connectivity index (χ3v) is 7.44. The predicted molar refractivity (Wildman–Crippen MR) is 143 cm³/mol. The Morgan fingerprint density at radius 2 is 0.929 bits per heavy atom. The average molecular weight is 612 g/mol. The van der Waals surface area contributed by atoms with Gasteiger partial charge in [-0.2, -0.15) is 0 Å². The molecule has 0 aliphatic rings. The maximum absolute atomic E-state index is 15.3. The SMILES string of the molecule is CC(C)(C)c1ccc(/C(=C\Sc2ccccc2)B(c2c(F)c(F)c(F)c(F)c2F)c2c(F)c(F)c(F)c(F)c2F)cc1.